The molecule has 1 amide bonds. The van der Waals surface area contributed by atoms with E-state index in [-0.39, 0.29) is 18.6 Å². The lowest BCUT2D eigenvalue weighted by Crippen LogP contribution is -2.30. The zero-order chi connectivity index (χ0) is 22.8. The van der Waals surface area contributed by atoms with Gasteiger partial charge in [0, 0.05) is 18.5 Å². The van der Waals surface area contributed by atoms with Crippen LogP contribution in [0.1, 0.15) is 17.9 Å². The summed E-state index contributed by atoms with van der Waals surface area (Å²) in [7, 11) is 0. The summed E-state index contributed by atoms with van der Waals surface area (Å²) in [6.45, 7) is -2.98. The number of benzene rings is 2. The number of halogens is 2. The van der Waals surface area contributed by atoms with Gasteiger partial charge < -0.3 is 19.3 Å². The Morgan fingerprint density at radius 3 is 2.50 bits per heavy atom. The second-order valence-electron chi connectivity index (χ2n) is 6.66. The number of esters is 1. The molecule has 3 aromatic rings. The number of carbonyl (C=O) groups is 2. The molecule has 32 heavy (non-hydrogen) atoms. The van der Waals surface area contributed by atoms with Crippen molar-refractivity contribution in [2.75, 3.05) is 13.2 Å². The highest BCUT2D eigenvalue weighted by atomic mass is 19.3. The van der Waals surface area contributed by atoms with E-state index in [1.807, 2.05) is 30.3 Å². The molecule has 1 aromatic heterocycles. The van der Waals surface area contributed by atoms with Crippen LogP contribution in [-0.2, 0) is 27.2 Å². The lowest BCUT2D eigenvalue weighted by atomic mass is 10.1. The highest BCUT2D eigenvalue weighted by Crippen LogP contribution is 2.16. The molecule has 0 saturated heterocycles. The van der Waals surface area contributed by atoms with Gasteiger partial charge in [-0.2, -0.15) is 13.8 Å². The fourth-order valence-electron chi connectivity index (χ4n) is 2.72. The Morgan fingerprint density at radius 2 is 1.78 bits per heavy atom. The third kappa shape index (κ3) is 7.46. The highest BCUT2D eigenvalue weighted by molar-refractivity contribution is 5.80. The largest absolute Gasteiger partial charge is 0.456 e. The molecule has 3 rings (SSSR count). The number of hydrogen-bond donors (Lipinski definition) is 1. The molecule has 0 spiro atoms. The number of amides is 1. The van der Waals surface area contributed by atoms with Crippen LogP contribution in [0.5, 0.6) is 5.75 Å². The van der Waals surface area contributed by atoms with E-state index in [9.17, 15) is 18.4 Å². The number of aromatic nitrogens is 2. The van der Waals surface area contributed by atoms with Gasteiger partial charge in [-0.05, 0) is 24.1 Å². The van der Waals surface area contributed by atoms with Crippen molar-refractivity contribution >= 4 is 11.9 Å². The second kappa shape index (κ2) is 11.5. The van der Waals surface area contributed by atoms with E-state index in [0.717, 1.165) is 11.1 Å². The molecular formula is C22H21F2N3O5. The highest BCUT2D eigenvalue weighted by Gasteiger charge is 2.12. The number of nitrogens with zero attached hydrogens (tertiary/aromatic N) is 2. The lowest BCUT2D eigenvalue weighted by Gasteiger charge is -2.08. The predicted octanol–water partition coefficient (Wildman–Crippen LogP) is 3.17. The third-order valence-electron chi connectivity index (χ3n) is 4.29. The minimum Gasteiger partial charge on any atom is -0.456 e. The van der Waals surface area contributed by atoms with Crippen molar-refractivity contribution in [2.24, 2.45) is 0 Å². The molecule has 0 unspecified atom stereocenters. The fraction of sp³-hybridized carbons (Fsp3) is 0.273. The van der Waals surface area contributed by atoms with Gasteiger partial charge in [0.25, 0.3) is 5.91 Å². The van der Waals surface area contributed by atoms with Crippen LogP contribution < -0.4 is 10.1 Å². The maximum atomic E-state index is 12.1. The Morgan fingerprint density at radius 1 is 1.03 bits per heavy atom. The first-order valence-electron chi connectivity index (χ1n) is 9.83. The Labute approximate surface area is 182 Å². The van der Waals surface area contributed by atoms with Crippen molar-refractivity contribution in [1.29, 1.82) is 0 Å². The summed E-state index contributed by atoms with van der Waals surface area (Å²) in [6.07, 6.45) is 0.678. The van der Waals surface area contributed by atoms with Crippen molar-refractivity contribution in [3.63, 3.8) is 0 Å². The lowest BCUT2D eigenvalue weighted by molar-refractivity contribution is -0.148. The van der Waals surface area contributed by atoms with Gasteiger partial charge in [-0.15, -0.1) is 0 Å². The van der Waals surface area contributed by atoms with E-state index in [2.05, 4.69) is 20.2 Å². The van der Waals surface area contributed by atoms with Gasteiger partial charge in [0.15, 0.2) is 6.61 Å². The Bertz CT molecular complexity index is 1010. The molecule has 0 fully saturated rings. The normalized spacial score (nSPS) is 10.7. The van der Waals surface area contributed by atoms with Crippen molar-refractivity contribution in [2.45, 2.75) is 25.9 Å². The Hall–Kier alpha value is -3.82. The van der Waals surface area contributed by atoms with Gasteiger partial charge in [-0.25, -0.2) is 0 Å². The molecule has 0 bridgehead atoms. The van der Waals surface area contributed by atoms with Crippen molar-refractivity contribution in [1.82, 2.24) is 15.5 Å². The van der Waals surface area contributed by atoms with Crippen LogP contribution >= 0.6 is 0 Å². The number of ether oxygens (including phenoxy) is 2. The predicted molar refractivity (Wildman–Crippen MR) is 109 cm³/mol. The third-order valence-corrected chi connectivity index (χ3v) is 4.29. The first-order valence-corrected chi connectivity index (χ1v) is 9.83. The van der Waals surface area contributed by atoms with Crippen LogP contribution in [0.25, 0.3) is 11.4 Å². The summed E-state index contributed by atoms with van der Waals surface area (Å²) in [5, 5.41) is 6.49. The minimum absolute atomic E-state index is 0.00323. The zero-order valence-corrected chi connectivity index (χ0v) is 17.0. The van der Waals surface area contributed by atoms with Gasteiger partial charge in [-0.3, -0.25) is 9.59 Å². The first kappa shape index (κ1) is 22.9. The van der Waals surface area contributed by atoms with Gasteiger partial charge in [0.05, 0.1) is 6.42 Å². The molecule has 0 aliphatic carbocycles. The van der Waals surface area contributed by atoms with Crippen LogP contribution in [0.4, 0.5) is 8.78 Å². The summed E-state index contributed by atoms with van der Waals surface area (Å²) < 4.78 is 38.6. The molecule has 0 aliphatic rings. The quantitative estimate of drug-likeness (QED) is 0.452. The number of aryl methyl sites for hydroxylation is 1. The van der Waals surface area contributed by atoms with Gasteiger partial charge >= 0.3 is 12.6 Å². The van der Waals surface area contributed by atoms with E-state index >= 15 is 0 Å². The molecule has 0 atom stereocenters. The van der Waals surface area contributed by atoms with Gasteiger partial charge in [0.1, 0.15) is 5.75 Å². The van der Waals surface area contributed by atoms with E-state index < -0.39 is 25.1 Å². The molecule has 0 aliphatic heterocycles. The number of rotatable bonds is 11. The first-order chi connectivity index (χ1) is 15.5. The van der Waals surface area contributed by atoms with Crippen molar-refractivity contribution in [3.8, 4) is 17.1 Å². The summed E-state index contributed by atoms with van der Waals surface area (Å²) in [6, 6.07) is 15.4. The van der Waals surface area contributed by atoms with Crippen molar-refractivity contribution in [3.05, 3.63) is 66.1 Å². The number of carbonyl (C=O) groups excluding carboxylic acids is 2. The SMILES string of the molecule is O=C(COC(=O)CCc1nc(-c2ccccc2)no1)NCCc1ccc(OC(F)F)cc1. The van der Waals surface area contributed by atoms with Crippen molar-refractivity contribution < 1.29 is 32.4 Å². The van der Waals surface area contributed by atoms with E-state index in [1.54, 1.807) is 12.1 Å². The monoisotopic (exact) mass is 445 g/mol. The average Bonchev–Trinajstić information content (AvgIpc) is 3.27. The molecule has 2 aromatic carbocycles. The molecule has 1 heterocycles. The minimum atomic E-state index is -2.87. The smallest absolute Gasteiger partial charge is 0.387 e. The second-order valence-corrected chi connectivity index (χ2v) is 6.66. The van der Waals surface area contributed by atoms with Crippen LogP contribution in [0, 0.1) is 0 Å². The number of alkyl halides is 2. The van der Waals surface area contributed by atoms with E-state index in [4.69, 9.17) is 9.26 Å². The fourth-order valence-corrected chi connectivity index (χ4v) is 2.72. The molecule has 1 N–H and O–H groups in total. The molecule has 0 radical (unpaired) electrons. The zero-order valence-electron chi connectivity index (χ0n) is 17.0. The summed E-state index contributed by atoms with van der Waals surface area (Å²) >= 11 is 0. The van der Waals surface area contributed by atoms with Crippen LogP contribution in [-0.4, -0.2) is 41.8 Å². The topological polar surface area (TPSA) is 104 Å². The summed E-state index contributed by atoms with van der Waals surface area (Å²) in [5.41, 5.74) is 1.64. The number of hydrogen-bond acceptors (Lipinski definition) is 7. The molecule has 0 saturated carbocycles. The average molecular weight is 445 g/mol. The molecular weight excluding hydrogens is 424 g/mol. The molecule has 10 heteroatoms. The Kier molecular flexibility index (Phi) is 8.24. The number of nitrogens with one attached hydrogen (secondary N) is 1. The summed E-state index contributed by atoms with van der Waals surface area (Å²) in [4.78, 5) is 27.9. The van der Waals surface area contributed by atoms with Gasteiger partial charge in [-0.1, -0.05) is 47.6 Å². The standard InChI is InChI=1S/C22H21F2N3O5/c23-22(24)31-17-8-6-15(7-9-17)12-13-25-18(28)14-30-20(29)11-10-19-26-21(27-32-19)16-4-2-1-3-5-16/h1-9,22H,10-14H2,(H,25,28). The van der Waals surface area contributed by atoms with Gasteiger partial charge in [0.2, 0.25) is 11.7 Å². The Balaban J connectivity index is 1.31. The summed E-state index contributed by atoms with van der Waals surface area (Å²) in [5.74, 6) is -0.203. The van der Waals surface area contributed by atoms with Crippen LogP contribution in [0.15, 0.2) is 59.1 Å². The van der Waals surface area contributed by atoms with E-state index in [0.29, 0.717) is 24.7 Å². The maximum absolute atomic E-state index is 12.1. The molecule has 8 nitrogen and oxygen atoms in total. The van der Waals surface area contributed by atoms with Crippen LogP contribution in [0.2, 0.25) is 0 Å². The maximum Gasteiger partial charge on any atom is 0.387 e. The van der Waals surface area contributed by atoms with E-state index in [1.165, 1.54) is 12.1 Å². The molecule has 168 valence electrons. The van der Waals surface area contributed by atoms with Crippen LogP contribution in [0.3, 0.4) is 0 Å².